The largest absolute Gasteiger partial charge is 0.507 e. The number of nitrogens with zero attached hydrogens (tertiary/aromatic N) is 1. The Morgan fingerprint density at radius 1 is 1.21 bits per heavy atom. The Bertz CT molecular complexity index is 1370. The van der Waals surface area contributed by atoms with Crippen molar-refractivity contribution in [2.45, 2.75) is 65.2 Å². The number of alkyl carbamates (subject to hydrolysis) is 1. The molecule has 3 rings (SSSR count). The quantitative estimate of drug-likeness (QED) is 0.283. The first kappa shape index (κ1) is 28.8. The van der Waals surface area contributed by atoms with Crippen LogP contribution in [-0.2, 0) is 24.6 Å². The molecule has 0 aliphatic rings. The summed E-state index contributed by atoms with van der Waals surface area (Å²) in [6.45, 7) is 5.80. The summed E-state index contributed by atoms with van der Waals surface area (Å²) in [5.41, 5.74) is 2.24. The lowest BCUT2D eigenvalue weighted by Crippen LogP contribution is -2.23. The van der Waals surface area contributed by atoms with E-state index in [1.807, 2.05) is 14.0 Å². The molecule has 38 heavy (non-hydrogen) atoms. The summed E-state index contributed by atoms with van der Waals surface area (Å²) >= 11 is 0. The van der Waals surface area contributed by atoms with Crippen molar-refractivity contribution < 1.29 is 23.8 Å². The molecule has 2 N–H and O–H groups in total. The number of benzene rings is 1. The Hall–Kier alpha value is -3.81. The number of Topliss-reactive ketones (excluding diaryl/α,β-unsaturated/α-hetero) is 1. The molecule has 2 atom stereocenters. The number of allylic oxidation sites excluding steroid dienone is 1. The number of hydrogen-bond donors (Lipinski definition) is 2. The van der Waals surface area contributed by atoms with Gasteiger partial charge in [0.15, 0.2) is 5.78 Å². The number of aromatic hydroxyl groups is 1. The van der Waals surface area contributed by atoms with Gasteiger partial charge >= 0.3 is 11.7 Å². The van der Waals surface area contributed by atoms with Crippen LogP contribution in [0.15, 0.2) is 51.8 Å². The standard InChI is InChI=1S/C30H38N2O6/c1-6-7-11-21-12-13-24-22(16-21)17-23(32(24)4)15-20(3)28(34)27-25(33)18-26(38-29(27)35)19(2)10-8-9-14-31-30(36)37-5/h9,12-14,16-20,33H,6-8,10-11,15H2,1-5H3,(H,31,36)/b14-9+. The highest BCUT2D eigenvalue weighted by Gasteiger charge is 2.26. The van der Waals surface area contributed by atoms with Crippen LogP contribution in [0.25, 0.3) is 10.9 Å². The van der Waals surface area contributed by atoms with Crippen LogP contribution < -0.4 is 10.9 Å². The van der Waals surface area contributed by atoms with Gasteiger partial charge in [-0.3, -0.25) is 10.1 Å². The van der Waals surface area contributed by atoms with Crippen molar-refractivity contribution >= 4 is 22.8 Å². The van der Waals surface area contributed by atoms with Crippen molar-refractivity contribution in [3.05, 3.63) is 75.6 Å². The number of unbranched alkanes of at least 4 members (excludes halogenated alkanes) is 1. The first-order chi connectivity index (χ1) is 18.2. The fourth-order valence-corrected chi connectivity index (χ4v) is 4.57. The summed E-state index contributed by atoms with van der Waals surface area (Å²) in [5.74, 6) is -1.21. The third-order valence-corrected chi connectivity index (χ3v) is 6.94. The van der Waals surface area contributed by atoms with E-state index in [1.165, 1.54) is 24.9 Å². The summed E-state index contributed by atoms with van der Waals surface area (Å²) in [4.78, 5) is 37.0. The predicted octanol–water partition coefficient (Wildman–Crippen LogP) is 5.99. The van der Waals surface area contributed by atoms with E-state index in [2.05, 4.69) is 45.8 Å². The Kier molecular flexibility index (Phi) is 9.93. The minimum Gasteiger partial charge on any atom is -0.507 e. The molecule has 0 fully saturated rings. The van der Waals surface area contributed by atoms with Gasteiger partial charge in [-0.15, -0.1) is 0 Å². The van der Waals surface area contributed by atoms with Crippen LogP contribution in [0.3, 0.4) is 0 Å². The van der Waals surface area contributed by atoms with Crippen LogP contribution in [0.4, 0.5) is 4.79 Å². The molecule has 1 amide bonds. The Morgan fingerprint density at radius 3 is 2.66 bits per heavy atom. The summed E-state index contributed by atoms with van der Waals surface area (Å²) < 4.78 is 12.0. The minimum atomic E-state index is -0.829. The van der Waals surface area contributed by atoms with Gasteiger partial charge in [0, 0.05) is 47.7 Å². The van der Waals surface area contributed by atoms with Gasteiger partial charge in [0.05, 0.1) is 7.11 Å². The average Bonchev–Trinajstić information content (AvgIpc) is 3.20. The molecule has 0 aliphatic heterocycles. The van der Waals surface area contributed by atoms with Crippen molar-refractivity contribution in [1.29, 1.82) is 0 Å². The SMILES string of the molecule is CCCCc1ccc2c(c1)cc(CC(C)C(=O)c1c(O)cc(C(C)CC/C=C/NC(=O)OC)oc1=O)n2C. The lowest BCUT2D eigenvalue weighted by Gasteiger charge is -2.14. The molecule has 0 radical (unpaired) electrons. The van der Waals surface area contributed by atoms with E-state index in [1.54, 1.807) is 13.0 Å². The third-order valence-electron chi connectivity index (χ3n) is 6.94. The van der Waals surface area contributed by atoms with E-state index >= 15 is 0 Å². The number of carbonyl (C=O) groups excluding carboxylic acids is 2. The first-order valence-electron chi connectivity index (χ1n) is 13.1. The third kappa shape index (κ3) is 6.94. The molecule has 2 aromatic heterocycles. The fraction of sp³-hybridized carbons (Fsp3) is 0.433. The van der Waals surface area contributed by atoms with Crippen molar-refractivity contribution in [2.24, 2.45) is 13.0 Å². The number of aromatic nitrogens is 1. The molecule has 204 valence electrons. The van der Waals surface area contributed by atoms with Crippen molar-refractivity contribution in [3.63, 3.8) is 0 Å². The lowest BCUT2D eigenvalue weighted by atomic mass is 9.94. The maximum Gasteiger partial charge on any atom is 0.410 e. The topological polar surface area (TPSA) is 111 Å². The van der Waals surface area contributed by atoms with Crippen LogP contribution in [0.1, 0.15) is 79.7 Å². The molecule has 2 unspecified atom stereocenters. The summed E-state index contributed by atoms with van der Waals surface area (Å²) in [5, 5.41) is 14.2. The molecule has 0 aliphatic carbocycles. The van der Waals surface area contributed by atoms with Crippen LogP contribution >= 0.6 is 0 Å². The molecule has 3 aromatic rings. The highest BCUT2D eigenvalue weighted by molar-refractivity contribution is 5.99. The number of ketones is 1. The number of carbonyl (C=O) groups is 2. The van der Waals surface area contributed by atoms with Gasteiger partial charge in [0.1, 0.15) is 17.1 Å². The number of amides is 1. The van der Waals surface area contributed by atoms with E-state index in [0.717, 1.165) is 35.9 Å². The van der Waals surface area contributed by atoms with Crippen molar-refractivity contribution in [3.8, 4) is 5.75 Å². The van der Waals surface area contributed by atoms with E-state index in [-0.39, 0.29) is 17.2 Å². The van der Waals surface area contributed by atoms with Gasteiger partial charge in [0.2, 0.25) is 0 Å². The second kappa shape index (κ2) is 13.1. The zero-order valence-electron chi connectivity index (χ0n) is 22.9. The Balaban J connectivity index is 1.70. The monoisotopic (exact) mass is 522 g/mol. The van der Waals surface area contributed by atoms with Crippen LogP contribution in [-0.4, -0.2) is 28.7 Å². The van der Waals surface area contributed by atoms with E-state index in [0.29, 0.717) is 25.0 Å². The van der Waals surface area contributed by atoms with Gasteiger partial charge in [-0.05, 0) is 55.9 Å². The second-order valence-electron chi connectivity index (χ2n) is 9.87. The lowest BCUT2D eigenvalue weighted by molar-refractivity contribution is 0.0920. The maximum atomic E-state index is 13.2. The fourth-order valence-electron chi connectivity index (χ4n) is 4.57. The molecule has 8 heteroatoms. The van der Waals surface area contributed by atoms with Crippen molar-refractivity contribution in [2.75, 3.05) is 7.11 Å². The first-order valence-corrected chi connectivity index (χ1v) is 13.1. The van der Waals surface area contributed by atoms with Gasteiger partial charge < -0.3 is 18.8 Å². The zero-order valence-corrected chi connectivity index (χ0v) is 22.9. The summed E-state index contributed by atoms with van der Waals surface area (Å²) in [6, 6.07) is 9.92. The molecular formula is C30H38N2O6. The number of nitrogens with one attached hydrogen (secondary N) is 1. The number of fused-ring (bicyclic) bond motifs is 1. The molecule has 1 aromatic carbocycles. The molecule has 2 heterocycles. The van der Waals surface area contributed by atoms with E-state index in [4.69, 9.17) is 4.42 Å². The molecule has 0 bridgehead atoms. The van der Waals surface area contributed by atoms with E-state index in [9.17, 15) is 19.5 Å². The molecular weight excluding hydrogens is 484 g/mol. The average molecular weight is 523 g/mol. The van der Waals surface area contributed by atoms with Gasteiger partial charge in [-0.25, -0.2) is 9.59 Å². The normalized spacial score (nSPS) is 13.1. The number of aryl methyl sites for hydroxylation is 2. The maximum absolute atomic E-state index is 13.2. The zero-order chi connectivity index (χ0) is 27.8. The molecule has 8 nitrogen and oxygen atoms in total. The Labute approximate surface area is 223 Å². The highest BCUT2D eigenvalue weighted by Crippen LogP contribution is 2.28. The number of hydrogen-bond acceptors (Lipinski definition) is 6. The molecule has 0 saturated carbocycles. The van der Waals surface area contributed by atoms with E-state index < -0.39 is 23.4 Å². The number of methoxy groups -OCH3 is 1. The van der Waals surface area contributed by atoms with Gasteiger partial charge in [0.25, 0.3) is 0 Å². The van der Waals surface area contributed by atoms with Crippen LogP contribution in [0.2, 0.25) is 0 Å². The second-order valence-corrected chi connectivity index (χ2v) is 9.87. The molecule has 0 spiro atoms. The highest BCUT2D eigenvalue weighted by atomic mass is 16.5. The smallest absolute Gasteiger partial charge is 0.410 e. The Morgan fingerprint density at radius 2 is 1.97 bits per heavy atom. The predicted molar refractivity (Wildman–Crippen MR) is 148 cm³/mol. The number of rotatable bonds is 12. The minimum absolute atomic E-state index is 0.184. The summed E-state index contributed by atoms with van der Waals surface area (Å²) in [7, 11) is 3.26. The summed E-state index contributed by atoms with van der Waals surface area (Å²) in [6.07, 6.45) is 7.64. The van der Waals surface area contributed by atoms with Gasteiger partial charge in [-0.2, -0.15) is 0 Å². The molecule has 0 saturated heterocycles. The van der Waals surface area contributed by atoms with Crippen LogP contribution in [0.5, 0.6) is 5.75 Å². The number of ether oxygens (including phenoxy) is 1. The van der Waals surface area contributed by atoms with Crippen LogP contribution in [0, 0.1) is 5.92 Å². The van der Waals surface area contributed by atoms with Crippen molar-refractivity contribution in [1.82, 2.24) is 9.88 Å². The van der Waals surface area contributed by atoms with Gasteiger partial charge in [-0.1, -0.05) is 39.3 Å².